The van der Waals surface area contributed by atoms with E-state index in [0.29, 0.717) is 17.7 Å². The summed E-state index contributed by atoms with van der Waals surface area (Å²) in [6.07, 6.45) is 1.70. The van der Waals surface area contributed by atoms with Gasteiger partial charge in [0.25, 0.3) is 0 Å². The number of nitriles is 2. The molecule has 0 bridgehead atoms. The van der Waals surface area contributed by atoms with Gasteiger partial charge in [0.15, 0.2) is 11.5 Å². The van der Waals surface area contributed by atoms with Crippen LogP contribution in [0.4, 0.5) is 0 Å². The lowest BCUT2D eigenvalue weighted by molar-refractivity contribution is 0.0676. The number of benzene rings is 3. The Hall–Kier alpha value is -4.62. The molecule has 0 unspecified atom stereocenters. The van der Waals surface area contributed by atoms with Crippen LogP contribution in [0.15, 0.2) is 66.7 Å². The number of carbonyl (C=O) groups excluding carboxylic acids is 2. The quantitative estimate of drug-likeness (QED) is 0.274. The van der Waals surface area contributed by atoms with Crippen LogP contribution in [0, 0.1) is 22.7 Å². The molecule has 0 aliphatic carbocycles. The minimum Gasteiger partial charge on any atom is -0.490 e. The SMILES string of the molecule is CCCCOc1cccc(OC(=O)c2ccc(C#N)cc2)c1OC(=O)c1ccc(C#N)cc1. The van der Waals surface area contributed by atoms with Crippen LogP contribution in [0.25, 0.3) is 0 Å². The predicted molar refractivity (Wildman–Crippen MR) is 119 cm³/mol. The third-order valence-corrected chi connectivity index (χ3v) is 4.60. The lowest BCUT2D eigenvalue weighted by Gasteiger charge is -2.15. The Morgan fingerprint density at radius 3 is 1.79 bits per heavy atom. The number of carbonyl (C=O) groups is 2. The monoisotopic (exact) mass is 440 g/mol. The fraction of sp³-hybridized carbons (Fsp3) is 0.154. The molecular weight excluding hydrogens is 420 g/mol. The molecule has 0 heterocycles. The normalized spacial score (nSPS) is 9.91. The lowest BCUT2D eigenvalue weighted by atomic mass is 10.1. The van der Waals surface area contributed by atoms with Crippen molar-refractivity contribution in [2.75, 3.05) is 6.61 Å². The van der Waals surface area contributed by atoms with Crippen LogP contribution in [0.5, 0.6) is 17.2 Å². The molecule has 7 nitrogen and oxygen atoms in total. The summed E-state index contributed by atoms with van der Waals surface area (Å²) in [5.74, 6) is -1.12. The third-order valence-electron chi connectivity index (χ3n) is 4.60. The number of unbranched alkanes of at least 4 members (excludes halogenated alkanes) is 1. The van der Waals surface area contributed by atoms with Gasteiger partial charge in [0.2, 0.25) is 5.75 Å². The highest BCUT2D eigenvalue weighted by atomic mass is 16.6. The Bertz CT molecular complexity index is 1220. The summed E-state index contributed by atoms with van der Waals surface area (Å²) in [6, 6.07) is 20.6. The van der Waals surface area contributed by atoms with Gasteiger partial charge in [0.1, 0.15) is 0 Å². The molecule has 0 amide bonds. The Morgan fingerprint density at radius 1 is 0.758 bits per heavy atom. The molecule has 7 heteroatoms. The predicted octanol–water partition coefficient (Wildman–Crippen LogP) is 5.05. The highest BCUT2D eigenvalue weighted by Gasteiger charge is 2.21. The summed E-state index contributed by atoms with van der Waals surface area (Å²) in [4.78, 5) is 25.4. The standard InChI is InChI=1S/C26H20N2O5/c1-2-3-15-31-22-5-4-6-23(32-25(29)20-11-7-18(16-27)8-12-20)24(22)33-26(30)21-13-9-19(17-28)10-14-21/h4-14H,2-3,15H2,1H3. The Labute approximate surface area is 191 Å². The van der Waals surface area contributed by atoms with Crippen LogP contribution in [0.2, 0.25) is 0 Å². The number of rotatable bonds is 8. The van der Waals surface area contributed by atoms with Gasteiger partial charge in [-0.1, -0.05) is 19.4 Å². The van der Waals surface area contributed by atoms with Gasteiger partial charge in [-0.3, -0.25) is 0 Å². The van der Waals surface area contributed by atoms with E-state index in [2.05, 4.69) is 0 Å². The van der Waals surface area contributed by atoms with Crippen molar-refractivity contribution in [3.05, 3.63) is 89.0 Å². The first kappa shape index (κ1) is 23.1. The Morgan fingerprint density at radius 2 is 1.27 bits per heavy atom. The van der Waals surface area contributed by atoms with Crippen molar-refractivity contribution in [1.29, 1.82) is 10.5 Å². The van der Waals surface area contributed by atoms with E-state index in [1.165, 1.54) is 54.6 Å². The largest absolute Gasteiger partial charge is 0.490 e. The highest BCUT2D eigenvalue weighted by Crippen LogP contribution is 2.38. The van der Waals surface area contributed by atoms with E-state index in [0.717, 1.165) is 12.8 Å². The summed E-state index contributed by atoms with van der Waals surface area (Å²) in [5.41, 5.74) is 1.28. The zero-order valence-corrected chi connectivity index (χ0v) is 17.9. The second-order valence-corrected chi connectivity index (χ2v) is 6.94. The average molecular weight is 440 g/mol. The summed E-state index contributed by atoms with van der Waals surface area (Å²) in [7, 11) is 0. The Kier molecular flexibility index (Phi) is 7.77. The molecule has 0 N–H and O–H groups in total. The van der Waals surface area contributed by atoms with E-state index in [4.69, 9.17) is 24.7 Å². The minimum atomic E-state index is -0.693. The average Bonchev–Trinajstić information content (AvgIpc) is 2.85. The lowest BCUT2D eigenvalue weighted by Crippen LogP contribution is -2.14. The van der Waals surface area contributed by atoms with Gasteiger partial charge in [0, 0.05) is 0 Å². The molecule has 3 aromatic rings. The van der Waals surface area contributed by atoms with Gasteiger partial charge >= 0.3 is 11.9 Å². The van der Waals surface area contributed by atoms with Crippen LogP contribution < -0.4 is 14.2 Å². The molecule has 0 aromatic heterocycles. The van der Waals surface area contributed by atoms with Crippen LogP contribution in [-0.2, 0) is 0 Å². The number of nitrogens with zero attached hydrogens (tertiary/aromatic N) is 2. The minimum absolute atomic E-state index is 0.0142. The smallest absolute Gasteiger partial charge is 0.343 e. The van der Waals surface area contributed by atoms with Crippen molar-refractivity contribution in [2.24, 2.45) is 0 Å². The zero-order valence-electron chi connectivity index (χ0n) is 17.9. The van der Waals surface area contributed by atoms with Gasteiger partial charge in [-0.25, -0.2) is 9.59 Å². The summed E-state index contributed by atoms with van der Waals surface area (Å²) in [6.45, 7) is 2.41. The molecule has 0 radical (unpaired) electrons. The second-order valence-electron chi connectivity index (χ2n) is 6.94. The van der Waals surface area contributed by atoms with E-state index in [-0.39, 0.29) is 28.4 Å². The van der Waals surface area contributed by atoms with Crippen molar-refractivity contribution < 1.29 is 23.8 Å². The molecule has 0 aliphatic rings. The maximum absolute atomic E-state index is 12.7. The van der Waals surface area contributed by atoms with Crippen LogP contribution in [0.1, 0.15) is 51.6 Å². The van der Waals surface area contributed by atoms with Gasteiger partial charge in [-0.05, 0) is 67.1 Å². The molecule has 0 atom stereocenters. The molecule has 164 valence electrons. The topological polar surface area (TPSA) is 109 Å². The van der Waals surface area contributed by atoms with E-state index in [1.807, 2.05) is 19.1 Å². The number of hydrogen-bond acceptors (Lipinski definition) is 7. The number of esters is 2. The first-order valence-corrected chi connectivity index (χ1v) is 10.3. The van der Waals surface area contributed by atoms with Crippen LogP contribution in [0.3, 0.4) is 0 Å². The van der Waals surface area contributed by atoms with E-state index in [9.17, 15) is 9.59 Å². The maximum Gasteiger partial charge on any atom is 0.343 e. The van der Waals surface area contributed by atoms with Crippen LogP contribution in [-0.4, -0.2) is 18.5 Å². The molecule has 3 rings (SSSR count). The molecule has 3 aromatic carbocycles. The highest BCUT2D eigenvalue weighted by molar-refractivity contribution is 5.93. The fourth-order valence-corrected chi connectivity index (χ4v) is 2.79. The first-order chi connectivity index (χ1) is 16.0. The van der Waals surface area contributed by atoms with Crippen molar-refractivity contribution in [2.45, 2.75) is 19.8 Å². The molecule has 0 fully saturated rings. The van der Waals surface area contributed by atoms with E-state index >= 15 is 0 Å². The van der Waals surface area contributed by atoms with E-state index < -0.39 is 11.9 Å². The van der Waals surface area contributed by atoms with Gasteiger partial charge in [0.05, 0.1) is 41.0 Å². The van der Waals surface area contributed by atoms with Crippen molar-refractivity contribution in [1.82, 2.24) is 0 Å². The molecule has 0 saturated carbocycles. The van der Waals surface area contributed by atoms with Crippen molar-refractivity contribution >= 4 is 11.9 Å². The molecule has 0 spiro atoms. The van der Waals surface area contributed by atoms with E-state index in [1.54, 1.807) is 12.1 Å². The zero-order chi connectivity index (χ0) is 23.6. The van der Waals surface area contributed by atoms with Crippen molar-refractivity contribution in [3.8, 4) is 29.4 Å². The van der Waals surface area contributed by atoms with Gasteiger partial charge in [-0.2, -0.15) is 10.5 Å². The van der Waals surface area contributed by atoms with Gasteiger partial charge in [-0.15, -0.1) is 0 Å². The maximum atomic E-state index is 12.7. The summed E-state index contributed by atoms with van der Waals surface area (Å²) < 4.78 is 16.8. The third kappa shape index (κ3) is 5.96. The number of hydrogen-bond donors (Lipinski definition) is 0. The molecule has 0 saturated heterocycles. The molecule has 33 heavy (non-hydrogen) atoms. The molecular formula is C26H20N2O5. The number of ether oxygens (including phenoxy) is 3. The molecule has 0 aliphatic heterocycles. The summed E-state index contributed by atoms with van der Waals surface area (Å²) >= 11 is 0. The van der Waals surface area contributed by atoms with Crippen LogP contribution >= 0.6 is 0 Å². The second kappa shape index (κ2) is 11.1. The fourth-order valence-electron chi connectivity index (χ4n) is 2.79. The van der Waals surface area contributed by atoms with Gasteiger partial charge < -0.3 is 14.2 Å². The summed E-state index contributed by atoms with van der Waals surface area (Å²) in [5, 5.41) is 17.9. The first-order valence-electron chi connectivity index (χ1n) is 10.3. The number of para-hydroxylation sites is 1. The Balaban J connectivity index is 1.89. The van der Waals surface area contributed by atoms with Crippen molar-refractivity contribution in [3.63, 3.8) is 0 Å².